The molecule has 1 heterocycles. The third-order valence-corrected chi connectivity index (χ3v) is 4.26. The van der Waals surface area contributed by atoms with Crippen molar-refractivity contribution in [3.8, 4) is 11.1 Å². The van der Waals surface area contributed by atoms with Crippen molar-refractivity contribution in [2.24, 2.45) is 0 Å². The van der Waals surface area contributed by atoms with Gasteiger partial charge >= 0.3 is 0 Å². The van der Waals surface area contributed by atoms with Gasteiger partial charge in [0.15, 0.2) is 0 Å². The van der Waals surface area contributed by atoms with E-state index in [9.17, 15) is 0 Å². The fraction of sp³-hybridized carbons (Fsp3) is 0.143. The minimum Gasteiger partial charge on any atom is -0.456 e. The molecule has 0 unspecified atom stereocenters. The second-order valence-electron chi connectivity index (χ2n) is 6.06. The zero-order valence-corrected chi connectivity index (χ0v) is 12.8. The molecule has 0 N–H and O–H groups in total. The van der Waals surface area contributed by atoms with Gasteiger partial charge in [-0.05, 0) is 34.7 Å². The molecular weight excluding hydrogens is 268 g/mol. The van der Waals surface area contributed by atoms with E-state index in [1.807, 2.05) is 6.07 Å². The molecule has 0 saturated carbocycles. The molecule has 108 valence electrons. The van der Waals surface area contributed by atoms with Gasteiger partial charge in [-0.3, -0.25) is 0 Å². The molecule has 0 aliphatic rings. The molecule has 0 spiro atoms. The van der Waals surface area contributed by atoms with E-state index < -0.39 is 0 Å². The van der Waals surface area contributed by atoms with Crippen molar-refractivity contribution >= 4 is 21.9 Å². The van der Waals surface area contributed by atoms with Gasteiger partial charge in [0.2, 0.25) is 0 Å². The van der Waals surface area contributed by atoms with Crippen LogP contribution in [0.15, 0.2) is 71.1 Å². The van der Waals surface area contributed by atoms with Crippen molar-refractivity contribution in [1.29, 1.82) is 0 Å². The lowest BCUT2D eigenvalue weighted by Gasteiger charge is -2.04. The predicted molar refractivity (Wildman–Crippen MR) is 93.2 cm³/mol. The van der Waals surface area contributed by atoms with Crippen LogP contribution in [0.3, 0.4) is 0 Å². The number of hydrogen-bond donors (Lipinski definition) is 0. The molecule has 0 atom stereocenters. The topological polar surface area (TPSA) is 13.1 Å². The molecule has 0 amide bonds. The van der Waals surface area contributed by atoms with Gasteiger partial charge in [-0.15, -0.1) is 0 Å². The van der Waals surface area contributed by atoms with Crippen LogP contribution in [0.2, 0.25) is 0 Å². The second-order valence-corrected chi connectivity index (χ2v) is 6.06. The molecule has 1 aromatic heterocycles. The quantitative estimate of drug-likeness (QED) is 0.417. The van der Waals surface area contributed by atoms with E-state index >= 15 is 0 Å². The summed E-state index contributed by atoms with van der Waals surface area (Å²) in [6, 6.07) is 23.4. The van der Waals surface area contributed by atoms with E-state index in [1.165, 1.54) is 27.5 Å². The first-order valence-corrected chi connectivity index (χ1v) is 7.74. The van der Waals surface area contributed by atoms with Crippen LogP contribution >= 0.6 is 0 Å². The van der Waals surface area contributed by atoms with Crippen LogP contribution < -0.4 is 0 Å². The SMILES string of the molecule is CC(C)c1cccc2c1oc1cc(-c3ccccc3)ccc12. The smallest absolute Gasteiger partial charge is 0.138 e. The number of rotatable bonds is 2. The molecule has 1 heteroatoms. The van der Waals surface area contributed by atoms with Crippen molar-refractivity contribution in [1.82, 2.24) is 0 Å². The number of fused-ring (bicyclic) bond motifs is 3. The number of benzene rings is 3. The van der Waals surface area contributed by atoms with E-state index in [0.717, 1.165) is 11.2 Å². The van der Waals surface area contributed by atoms with Gasteiger partial charge in [0.1, 0.15) is 11.2 Å². The summed E-state index contributed by atoms with van der Waals surface area (Å²) in [4.78, 5) is 0. The van der Waals surface area contributed by atoms with E-state index in [4.69, 9.17) is 4.42 Å². The largest absolute Gasteiger partial charge is 0.456 e. The van der Waals surface area contributed by atoms with Gasteiger partial charge in [0.25, 0.3) is 0 Å². The van der Waals surface area contributed by atoms with Crippen LogP contribution in [0, 0.1) is 0 Å². The molecule has 0 bridgehead atoms. The molecule has 4 rings (SSSR count). The Hall–Kier alpha value is -2.54. The fourth-order valence-corrected chi connectivity index (χ4v) is 3.08. The van der Waals surface area contributed by atoms with Gasteiger partial charge in [-0.1, -0.05) is 68.4 Å². The van der Waals surface area contributed by atoms with Crippen molar-refractivity contribution in [3.63, 3.8) is 0 Å². The predicted octanol–water partition coefficient (Wildman–Crippen LogP) is 6.38. The summed E-state index contributed by atoms with van der Waals surface area (Å²) >= 11 is 0. The van der Waals surface area contributed by atoms with Crippen LogP contribution in [0.5, 0.6) is 0 Å². The average Bonchev–Trinajstić information content (AvgIpc) is 2.93. The monoisotopic (exact) mass is 286 g/mol. The van der Waals surface area contributed by atoms with E-state index in [0.29, 0.717) is 5.92 Å². The highest BCUT2D eigenvalue weighted by Crippen LogP contribution is 2.35. The molecule has 0 saturated heterocycles. The molecule has 0 fully saturated rings. The van der Waals surface area contributed by atoms with Gasteiger partial charge in [0, 0.05) is 10.8 Å². The number of para-hydroxylation sites is 1. The molecule has 1 nitrogen and oxygen atoms in total. The number of hydrogen-bond acceptors (Lipinski definition) is 1. The Bertz CT molecular complexity index is 946. The Kier molecular flexibility index (Phi) is 3.00. The summed E-state index contributed by atoms with van der Waals surface area (Å²) in [5, 5.41) is 2.40. The summed E-state index contributed by atoms with van der Waals surface area (Å²) < 4.78 is 6.21. The highest BCUT2D eigenvalue weighted by atomic mass is 16.3. The Labute approximate surface area is 130 Å². The van der Waals surface area contributed by atoms with Gasteiger partial charge in [0.05, 0.1) is 0 Å². The number of furan rings is 1. The van der Waals surface area contributed by atoms with Crippen LogP contribution in [0.25, 0.3) is 33.1 Å². The van der Waals surface area contributed by atoms with Crippen LogP contribution in [-0.4, -0.2) is 0 Å². The highest BCUT2D eigenvalue weighted by molar-refractivity contribution is 6.06. The fourth-order valence-electron chi connectivity index (χ4n) is 3.08. The lowest BCUT2D eigenvalue weighted by molar-refractivity contribution is 0.657. The summed E-state index contributed by atoms with van der Waals surface area (Å²) in [7, 11) is 0. The Morgan fingerprint density at radius 2 is 1.55 bits per heavy atom. The van der Waals surface area contributed by atoms with Crippen LogP contribution in [0.4, 0.5) is 0 Å². The van der Waals surface area contributed by atoms with Gasteiger partial charge in [-0.25, -0.2) is 0 Å². The van der Waals surface area contributed by atoms with Crippen molar-refractivity contribution in [2.75, 3.05) is 0 Å². The molecular formula is C21H18O. The molecule has 0 aliphatic carbocycles. The molecule has 3 aromatic carbocycles. The van der Waals surface area contributed by atoms with E-state index in [2.05, 4.69) is 74.5 Å². The lowest BCUT2D eigenvalue weighted by atomic mass is 9.99. The normalized spacial score (nSPS) is 11.6. The zero-order chi connectivity index (χ0) is 15.1. The summed E-state index contributed by atoms with van der Waals surface area (Å²) in [6.07, 6.45) is 0. The Morgan fingerprint density at radius 1 is 0.727 bits per heavy atom. The van der Waals surface area contributed by atoms with E-state index in [-0.39, 0.29) is 0 Å². The van der Waals surface area contributed by atoms with E-state index in [1.54, 1.807) is 0 Å². The minimum absolute atomic E-state index is 0.456. The summed E-state index contributed by atoms with van der Waals surface area (Å²) in [5.74, 6) is 0.456. The van der Waals surface area contributed by atoms with Crippen molar-refractivity contribution in [3.05, 3.63) is 72.3 Å². The lowest BCUT2D eigenvalue weighted by Crippen LogP contribution is -1.86. The van der Waals surface area contributed by atoms with Crippen LogP contribution in [0.1, 0.15) is 25.3 Å². The van der Waals surface area contributed by atoms with Crippen LogP contribution in [-0.2, 0) is 0 Å². The molecule has 0 radical (unpaired) electrons. The average molecular weight is 286 g/mol. The van der Waals surface area contributed by atoms with Gasteiger partial charge < -0.3 is 4.42 Å². The first-order chi connectivity index (χ1) is 10.7. The maximum atomic E-state index is 6.21. The zero-order valence-electron chi connectivity index (χ0n) is 12.8. The maximum absolute atomic E-state index is 6.21. The first kappa shape index (κ1) is 13.1. The Morgan fingerprint density at radius 3 is 2.32 bits per heavy atom. The highest BCUT2D eigenvalue weighted by Gasteiger charge is 2.13. The standard InChI is InChI=1S/C21H18O/c1-14(2)17-9-6-10-19-18-12-11-16(13-20(18)22-21(17)19)15-7-4-3-5-8-15/h3-14H,1-2H3. The Balaban J connectivity index is 1.98. The summed E-state index contributed by atoms with van der Waals surface area (Å²) in [5.41, 5.74) is 5.67. The third-order valence-electron chi connectivity index (χ3n) is 4.26. The van der Waals surface area contributed by atoms with Crippen molar-refractivity contribution in [2.45, 2.75) is 19.8 Å². The first-order valence-electron chi connectivity index (χ1n) is 7.74. The maximum Gasteiger partial charge on any atom is 0.138 e. The third kappa shape index (κ3) is 2.01. The summed E-state index contributed by atoms with van der Waals surface area (Å²) in [6.45, 7) is 4.41. The molecule has 4 aromatic rings. The van der Waals surface area contributed by atoms with Gasteiger partial charge in [-0.2, -0.15) is 0 Å². The second kappa shape index (κ2) is 5.03. The molecule has 0 aliphatic heterocycles. The minimum atomic E-state index is 0.456. The van der Waals surface area contributed by atoms with Crippen molar-refractivity contribution < 1.29 is 4.42 Å². The molecule has 22 heavy (non-hydrogen) atoms.